The van der Waals surface area contributed by atoms with Crippen molar-refractivity contribution in [2.45, 2.75) is 13.3 Å². The summed E-state index contributed by atoms with van der Waals surface area (Å²) in [4.78, 5) is 22.2. The van der Waals surface area contributed by atoms with Crippen molar-refractivity contribution in [2.75, 3.05) is 0 Å². The molecule has 0 unspecified atom stereocenters. The zero-order chi connectivity index (χ0) is 15.6. The number of nitrogens with zero attached hydrogens (tertiary/aromatic N) is 1. The van der Waals surface area contributed by atoms with Crippen LogP contribution in [0.15, 0.2) is 36.4 Å². The van der Waals surface area contributed by atoms with Crippen LogP contribution in [0.25, 0.3) is 0 Å². The van der Waals surface area contributed by atoms with Gasteiger partial charge in [0.1, 0.15) is 0 Å². The Morgan fingerprint density at radius 2 is 1.95 bits per heavy atom. The van der Waals surface area contributed by atoms with Crippen molar-refractivity contribution in [3.05, 3.63) is 74.8 Å². The molecule has 0 fully saturated rings. The molecular weight excluding hydrogens is 280 g/mol. The zero-order valence-electron chi connectivity index (χ0n) is 11.1. The van der Waals surface area contributed by atoms with Crippen LogP contribution in [-0.4, -0.2) is 10.7 Å². The second-order valence-corrected chi connectivity index (χ2v) is 4.57. The summed E-state index contributed by atoms with van der Waals surface area (Å²) in [5.74, 6) is -2.50. The Bertz CT molecular complexity index is 729. The largest absolute Gasteiger partial charge is 0.294 e. The third kappa shape index (κ3) is 3.10. The molecule has 0 aliphatic rings. The average molecular weight is 291 g/mol. The lowest BCUT2D eigenvalue weighted by Crippen LogP contribution is -2.07. The Morgan fingerprint density at radius 1 is 1.24 bits per heavy atom. The van der Waals surface area contributed by atoms with E-state index in [2.05, 4.69) is 0 Å². The molecule has 0 aliphatic carbocycles. The smallest absolute Gasteiger partial charge is 0.272 e. The molecule has 4 nitrogen and oxygen atoms in total. The van der Waals surface area contributed by atoms with Gasteiger partial charge >= 0.3 is 0 Å². The summed E-state index contributed by atoms with van der Waals surface area (Å²) >= 11 is 0. The van der Waals surface area contributed by atoms with Gasteiger partial charge in [0.15, 0.2) is 17.4 Å². The molecule has 0 spiro atoms. The number of carbonyl (C=O) groups is 1. The van der Waals surface area contributed by atoms with Crippen molar-refractivity contribution in [3.8, 4) is 0 Å². The van der Waals surface area contributed by atoms with Gasteiger partial charge in [0, 0.05) is 23.6 Å². The van der Waals surface area contributed by atoms with Crippen LogP contribution < -0.4 is 0 Å². The SMILES string of the molecule is Cc1cc(C(=O)Cc2cccc(F)c2F)ccc1[N+](=O)[O-]. The molecule has 0 bridgehead atoms. The number of hydrogen-bond acceptors (Lipinski definition) is 3. The summed E-state index contributed by atoms with van der Waals surface area (Å²) in [5.41, 5.74) is 0.423. The molecule has 0 saturated heterocycles. The highest BCUT2D eigenvalue weighted by molar-refractivity contribution is 5.98. The molecule has 2 rings (SSSR count). The van der Waals surface area contributed by atoms with Crippen molar-refractivity contribution in [1.82, 2.24) is 0 Å². The molecule has 0 radical (unpaired) electrons. The highest BCUT2D eigenvalue weighted by Gasteiger charge is 2.16. The van der Waals surface area contributed by atoms with Crippen molar-refractivity contribution >= 4 is 11.5 Å². The van der Waals surface area contributed by atoms with E-state index in [0.29, 0.717) is 5.56 Å². The molecule has 2 aromatic carbocycles. The lowest BCUT2D eigenvalue weighted by Gasteiger charge is -2.05. The van der Waals surface area contributed by atoms with Gasteiger partial charge in [0.05, 0.1) is 4.92 Å². The summed E-state index contributed by atoms with van der Waals surface area (Å²) in [5, 5.41) is 10.7. The second-order valence-electron chi connectivity index (χ2n) is 4.57. The number of benzene rings is 2. The number of aryl methyl sites for hydroxylation is 1. The van der Waals surface area contributed by atoms with Crippen molar-refractivity contribution < 1.29 is 18.5 Å². The third-order valence-electron chi connectivity index (χ3n) is 3.10. The van der Waals surface area contributed by atoms with Crippen LogP contribution in [0.1, 0.15) is 21.5 Å². The van der Waals surface area contributed by atoms with Gasteiger partial charge < -0.3 is 0 Å². The molecule has 0 aliphatic heterocycles. The minimum Gasteiger partial charge on any atom is -0.294 e. The van der Waals surface area contributed by atoms with Crippen LogP contribution in [0.3, 0.4) is 0 Å². The summed E-state index contributed by atoms with van der Waals surface area (Å²) in [6.45, 7) is 1.51. The molecule has 21 heavy (non-hydrogen) atoms. The molecule has 0 atom stereocenters. The summed E-state index contributed by atoms with van der Waals surface area (Å²) in [6, 6.07) is 7.53. The maximum atomic E-state index is 13.5. The quantitative estimate of drug-likeness (QED) is 0.491. The van der Waals surface area contributed by atoms with E-state index in [1.807, 2.05) is 0 Å². The van der Waals surface area contributed by atoms with Crippen LogP contribution in [0.2, 0.25) is 0 Å². The standard InChI is InChI=1S/C15H11F2NO3/c1-9-7-10(5-6-13(9)18(20)21)14(19)8-11-3-2-4-12(16)15(11)17/h2-7H,8H2,1H3. The summed E-state index contributed by atoms with van der Waals surface area (Å²) < 4.78 is 26.6. The number of ketones is 1. The average Bonchev–Trinajstić information content (AvgIpc) is 2.43. The number of rotatable bonds is 4. The zero-order valence-corrected chi connectivity index (χ0v) is 11.1. The highest BCUT2D eigenvalue weighted by Crippen LogP contribution is 2.20. The predicted octanol–water partition coefficient (Wildman–Crippen LogP) is 3.61. The van der Waals surface area contributed by atoms with Crippen LogP contribution in [0.4, 0.5) is 14.5 Å². The number of nitro benzene ring substituents is 1. The lowest BCUT2D eigenvalue weighted by molar-refractivity contribution is -0.385. The first-order chi connectivity index (χ1) is 9.90. The molecule has 108 valence electrons. The minimum absolute atomic E-state index is 0.0454. The normalized spacial score (nSPS) is 10.4. The fourth-order valence-electron chi connectivity index (χ4n) is 1.99. The molecule has 0 N–H and O–H groups in total. The Morgan fingerprint density at radius 3 is 2.57 bits per heavy atom. The molecule has 0 amide bonds. The first-order valence-electron chi connectivity index (χ1n) is 6.11. The van der Waals surface area contributed by atoms with E-state index in [9.17, 15) is 23.7 Å². The van der Waals surface area contributed by atoms with E-state index < -0.39 is 22.3 Å². The van der Waals surface area contributed by atoms with E-state index in [4.69, 9.17) is 0 Å². The monoisotopic (exact) mass is 291 g/mol. The summed E-state index contributed by atoms with van der Waals surface area (Å²) in [7, 11) is 0. The molecule has 0 saturated carbocycles. The van der Waals surface area contributed by atoms with Gasteiger partial charge in [-0.25, -0.2) is 8.78 Å². The van der Waals surface area contributed by atoms with E-state index >= 15 is 0 Å². The number of carbonyl (C=O) groups excluding carboxylic acids is 1. The fourth-order valence-corrected chi connectivity index (χ4v) is 1.99. The van der Waals surface area contributed by atoms with Crippen molar-refractivity contribution in [2.24, 2.45) is 0 Å². The first-order valence-corrected chi connectivity index (χ1v) is 6.11. The number of hydrogen-bond donors (Lipinski definition) is 0. The number of Topliss-reactive ketones (excluding diaryl/α,β-unsaturated/α-hetero) is 1. The van der Waals surface area contributed by atoms with Gasteiger partial charge in [-0.3, -0.25) is 14.9 Å². The molecule has 0 heterocycles. The fraction of sp³-hybridized carbons (Fsp3) is 0.133. The molecule has 6 heteroatoms. The van der Waals surface area contributed by atoms with Gasteiger partial charge in [0.25, 0.3) is 5.69 Å². The van der Waals surface area contributed by atoms with Gasteiger partial charge in [-0.1, -0.05) is 12.1 Å². The van der Waals surface area contributed by atoms with E-state index in [1.165, 1.54) is 37.3 Å². The first kappa shape index (κ1) is 14.8. The molecule has 2 aromatic rings. The topological polar surface area (TPSA) is 60.2 Å². The van der Waals surface area contributed by atoms with Crippen LogP contribution >= 0.6 is 0 Å². The third-order valence-corrected chi connectivity index (χ3v) is 3.10. The van der Waals surface area contributed by atoms with Crippen molar-refractivity contribution in [1.29, 1.82) is 0 Å². The highest BCUT2D eigenvalue weighted by atomic mass is 19.2. The van der Waals surface area contributed by atoms with E-state index in [1.54, 1.807) is 0 Å². The Kier molecular flexibility index (Phi) is 4.07. The summed E-state index contributed by atoms with van der Waals surface area (Å²) in [6.07, 6.45) is -0.305. The van der Waals surface area contributed by atoms with Gasteiger partial charge in [-0.2, -0.15) is 0 Å². The Balaban J connectivity index is 2.27. The van der Waals surface area contributed by atoms with Gasteiger partial charge in [-0.05, 0) is 30.7 Å². The number of halogens is 2. The second kappa shape index (κ2) is 5.78. The van der Waals surface area contributed by atoms with Crippen LogP contribution in [0, 0.1) is 28.7 Å². The molecular formula is C15H11F2NO3. The maximum absolute atomic E-state index is 13.5. The lowest BCUT2D eigenvalue weighted by atomic mass is 10.0. The predicted molar refractivity (Wildman–Crippen MR) is 72.2 cm³/mol. The van der Waals surface area contributed by atoms with Gasteiger partial charge in [-0.15, -0.1) is 0 Å². The molecule has 0 aromatic heterocycles. The van der Waals surface area contributed by atoms with E-state index in [0.717, 1.165) is 6.07 Å². The van der Waals surface area contributed by atoms with Crippen molar-refractivity contribution in [3.63, 3.8) is 0 Å². The Labute approximate surface area is 119 Å². The van der Waals surface area contributed by atoms with E-state index in [-0.39, 0.29) is 23.2 Å². The van der Waals surface area contributed by atoms with Gasteiger partial charge in [0.2, 0.25) is 0 Å². The maximum Gasteiger partial charge on any atom is 0.272 e. The minimum atomic E-state index is -1.05. The van der Waals surface area contributed by atoms with Crippen LogP contribution in [-0.2, 0) is 6.42 Å². The number of nitro groups is 1. The Hall–Kier alpha value is -2.63. The van der Waals surface area contributed by atoms with Crippen LogP contribution in [0.5, 0.6) is 0 Å².